The fourth-order valence-corrected chi connectivity index (χ4v) is 1.76. The number of hydrogen-bond donors (Lipinski definition) is 1. The molecule has 23 heavy (non-hydrogen) atoms. The Bertz CT molecular complexity index is 421. The number of ether oxygens (including phenoxy) is 2. The van der Waals surface area contributed by atoms with Gasteiger partial charge in [0.15, 0.2) is 0 Å². The second-order valence-electron chi connectivity index (χ2n) is 7.82. The van der Waals surface area contributed by atoms with Gasteiger partial charge in [-0.05, 0) is 24.2 Å². The molecule has 0 aliphatic rings. The quantitative estimate of drug-likeness (QED) is 0.414. The van der Waals surface area contributed by atoms with Crippen LogP contribution < -0.4 is 5.32 Å². The maximum Gasteiger partial charge on any atom is 0.407 e. The van der Waals surface area contributed by atoms with Crippen molar-refractivity contribution in [2.75, 3.05) is 13.2 Å². The van der Waals surface area contributed by atoms with Crippen LogP contribution in [0.3, 0.4) is 0 Å². The third kappa shape index (κ3) is 9.26. The van der Waals surface area contributed by atoms with Crippen LogP contribution in [0.5, 0.6) is 0 Å². The SMILES string of the molecule is C=C(C)C(=O)OCCNC(=O)OC(CC(C)(C)CC)C(C)(C)C. The molecule has 5 nitrogen and oxygen atoms in total. The zero-order valence-electron chi connectivity index (χ0n) is 15.7. The molecule has 0 aromatic rings. The number of esters is 1. The van der Waals surface area contributed by atoms with Gasteiger partial charge in [-0.2, -0.15) is 0 Å². The van der Waals surface area contributed by atoms with E-state index in [9.17, 15) is 9.59 Å². The Morgan fingerprint density at radius 1 is 1.17 bits per heavy atom. The van der Waals surface area contributed by atoms with Crippen molar-refractivity contribution in [2.24, 2.45) is 10.8 Å². The number of carbonyl (C=O) groups excluding carboxylic acids is 2. The van der Waals surface area contributed by atoms with Gasteiger partial charge in [-0.3, -0.25) is 0 Å². The average Bonchev–Trinajstić information content (AvgIpc) is 2.41. The molecule has 0 aliphatic heterocycles. The second-order valence-corrected chi connectivity index (χ2v) is 7.82. The normalized spacial score (nSPS) is 13.2. The van der Waals surface area contributed by atoms with Gasteiger partial charge in [0.25, 0.3) is 0 Å². The van der Waals surface area contributed by atoms with Gasteiger partial charge in [-0.1, -0.05) is 54.5 Å². The summed E-state index contributed by atoms with van der Waals surface area (Å²) in [6.45, 7) is 18.0. The molecule has 0 bridgehead atoms. The molecule has 0 aliphatic carbocycles. The molecule has 0 aromatic heterocycles. The summed E-state index contributed by atoms with van der Waals surface area (Å²) >= 11 is 0. The zero-order valence-corrected chi connectivity index (χ0v) is 15.7. The molecule has 0 heterocycles. The molecule has 0 radical (unpaired) electrons. The van der Waals surface area contributed by atoms with Crippen molar-refractivity contribution < 1.29 is 19.1 Å². The van der Waals surface area contributed by atoms with E-state index in [1.54, 1.807) is 6.92 Å². The summed E-state index contributed by atoms with van der Waals surface area (Å²) in [6.07, 6.45) is 1.14. The molecule has 1 atom stereocenters. The first-order valence-corrected chi connectivity index (χ1v) is 8.16. The van der Waals surface area contributed by atoms with Gasteiger partial charge >= 0.3 is 12.1 Å². The lowest BCUT2D eigenvalue weighted by Crippen LogP contribution is -2.39. The van der Waals surface area contributed by atoms with E-state index >= 15 is 0 Å². The van der Waals surface area contributed by atoms with Gasteiger partial charge < -0.3 is 14.8 Å². The molecule has 1 amide bonds. The molecular formula is C18H33NO4. The van der Waals surface area contributed by atoms with Crippen molar-refractivity contribution in [2.45, 2.75) is 67.4 Å². The first-order chi connectivity index (χ1) is 10.4. The van der Waals surface area contributed by atoms with Crippen LogP contribution in [0.1, 0.15) is 61.3 Å². The molecule has 1 N–H and O–H groups in total. The maximum absolute atomic E-state index is 12.0. The molecule has 0 spiro atoms. The largest absolute Gasteiger partial charge is 0.460 e. The summed E-state index contributed by atoms with van der Waals surface area (Å²) in [7, 11) is 0. The van der Waals surface area contributed by atoms with E-state index in [1.165, 1.54) is 0 Å². The van der Waals surface area contributed by atoms with E-state index in [2.05, 4.69) is 53.4 Å². The highest BCUT2D eigenvalue weighted by molar-refractivity contribution is 5.86. The van der Waals surface area contributed by atoms with E-state index in [1.807, 2.05) is 0 Å². The fourth-order valence-electron chi connectivity index (χ4n) is 1.76. The number of hydrogen-bond acceptors (Lipinski definition) is 4. The number of rotatable bonds is 8. The summed E-state index contributed by atoms with van der Waals surface area (Å²) in [5, 5.41) is 2.62. The van der Waals surface area contributed by atoms with Crippen LogP contribution in [0.2, 0.25) is 0 Å². The molecule has 0 fully saturated rings. The van der Waals surface area contributed by atoms with Crippen molar-refractivity contribution in [1.82, 2.24) is 5.32 Å². The predicted molar refractivity (Wildman–Crippen MR) is 92.2 cm³/mol. The maximum atomic E-state index is 12.0. The molecule has 0 rings (SSSR count). The fraction of sp³-hybridized carbons (Fsp3) is 0.778. The molecule has 5 heteroatoms. The Hall–Kier alpha value is -1.52. The van der Waals surface area contributed by atoms with Gasteiger partial charge in [-0.15, -0.1) is 0 Å². The van der Waals surface area contributed by atoms with Gasteiger partial charge in [0.1, 0.15) is 12.7 Å². The van der Waals surface area contributed by atoms with Crippen molar-refractivity contribution >= 4 is 12.1 Å². The molecule has 134 valence electrons. The van der Waals surface area contributed by atoms with Crippen molar-refractivity contribution in [3.05, 3.63) is 12.2 Å². The van der Waals surface area contributed by atoms with Gasteiger partial charge in [0, 0.05) is 5.57 Å². The molecular weight excluding hydrogens is 294 g/mol. The lowest BCUT2D eigenvalue weighted by Gasteiger charge is -2.36. The Labute approximate surface area is 140 Å². The summed E-state index contributed by atoms with van der Waals surface area (Å²) in [4.78, 5) is 23.2. The summed E-state index contributed by atoms with van der Waals surface area (Å²) in [5.74, 6) is -0.461. The minimum absolute atomic E-state index is 0.0986. The Balaban J connectivity index is 4.40. The number of carbonyl (C=O) groups is 2. The van der Waals surface area contributed by atoms with Crippen molar-refractivity contribution in [3.8, 4) is 0 Å². The summed E-state index contributed by atoms with van der Waals surface area (Å²) in [6, 6.07) is 0. The van der Waals surface area contributed by atoms with Crippen molar-refractivity contribution in [1.29, 1.82) is 0 Å². The van der Waals surface area contributed by atoms with Crippen LogP contribution in [0.15, 0.2) is 12.2 Å². The Morgan fingerprint density at radius 2 is 1.74 bits per heavy atom. The van der Waals surface area contributed by atoms with E-state index in [4.69, 9.17) is 9.47 Å². The summed E-state index contributed by atoms with van der Waals surface area (Å²) in [5.41, 5.74) is 0.299. The van der Waals surface area contributed by atoms with E-state index in [0.29, 0.717) is 5.57 Å². The first-order valence-electron chi connectivity index (χ1n) is 8.16. The lowest BCUT2D eigenvalue weighted by atomic mass is 9.76. The first kappa shape index (κ1) is 21.5. The van der Waals surface area contributed by atoms with E-state index < -0.39 is 12.1 Å². The monoisotopic (exact) mass is 327 g/mol. The third-order valence-corrected chi connectivity index (χ3v) is 3.86. The predicted octanol–water partition coefficient (Wildman–Crippen LogP) is 4.07. The minimum Gasteiger partial charge on any atom is -0.460 e. The molecule has 1 unspecified atom stereocenters. The minimum atomic E-state index is -0.483. The number of alkyl carbamates (subject to hydrolysis) is 1. The zero-order chi connectivity index (χ0) is 18.3. The highest BCUT2D eigenvalue weighted by Gasteiger charge is 2.33. The molecule has 0 aromatic carbocycles. The molecule has 0 saturated heterocycles. The second kappa shape index (κ2) is 8.94. The highest BCUT2D eigenvalue weighted by atomic mass is 16.6. The van der Waals surface area contributed by atoms with Gasteiger partial charge in [-0.25, -0.2) is 9.59 Å². The van der Waals surface area contributed by atoms with Crippen LogP contribution in [0, 0.1) is 10.8 Å². The van der Waals surface area contributed by atoms with E-state index in [0.717, 1.165) is 12.8 Å². The van der Waals surface area contributed by atoms with E-state index in [-0.39, 0.29) is 30.1 Å². The average molecular weight is 327 g/mol. The highest BCUT2D eigenvalue weighted by Crippen LogP contribution is 2.35. The van der Waals surface area contributed by atoms with Crippen LogP contribution >= 0.6 is 0 Å². The number of amides is 1. The standard InChI is InChI=1S/C18H33NO4/c1-9-18(7,8)12-14(17(4,5)6)23-16(21)19-10-11-22-15(20)13(2)3/h14H,2,9-12H2,1,3-8H3,(H,19,21). The summed E-state index contributed by atoms with van der Waals surface area (Å²) < 4.78 is 10.5. The van der Waals surface area contributed by atoms with Crippen LogP contribution in [0.25, 0.3) is 0 Å². The topological polar surface area (TPSA) is 64.6 Å². The molecule has 0 saturated carbocycles. The van der Waals surface area contributed by atoms with Crippen LogP contribution in [0.4, 0.5) is 4.79 Å². The third-order valence-electron chi connectivity index (χ3n) is 3.86. The van der Waals surface area contributed by atoms with Gasteiger partial charge in [0.05, 0.1) is 6.54 Å². The number of nitrogens with one attached hydrogen (secondary N) is 1. The smallest absolute Gasteiger partial charge is 0.407 e. The van der Waals surface area contributed by atoms with Crippen molar-refractivity contribution in [3.63, 3.8) is 0 Å². The Kier molecular flexibility index (Phi) is 8.35. The Morgan fingerprint density at radius 3 is 2.17 bits per heavy atom. The lowest BCUT2D eigenvalue weighted by molar-refractivity contribution is -0.138. The van der Waals surface area contributed by atoms with Crippen LogP contribution in [-0.4, -0.2) is 31.3 Å². The van der Waals surface area contributed by atoms with Gasteiger partial charge in [0.2, 0.25) is 0 Å². The van der Waals surface area contributed by atoms with Crippen LogP contribution in [-0.2, 0) is 14.3 Å².